The topological polar surface area (TPSA) is 17.8 Å². The molecule has 0 amide bonds. The summed E-state index contributed by atoms with van der Waals surface area (Å²) in [6.45, 7) is 10.1. The van der Waals surface area contributed by atoms with E-state index >= 15 is 0 Å². The Morgan fingerprint density at radius 1 is 1.55 bits per heavy atom. The zero-order valence-corrected chi connectivity index (χ0v) is 7.33. The highest BCUT2D eigenvalue weighted by molar-refractivity contribution is 5.23. The number of imidazole rings is 1. The van der Waals surface area contributed by atoms with Gasteiger partial charge in [0.15, 0.2) is 0 Å². The minimum Gasteiger partial charge on any atom is -0.311 e. The molecule has 1 rings (SSSR count). The summed E-state index contributed by atoms with van der Waals surface area (Å²) in [6.07, 6.45) is 5.48. The van der Waals surface area contributed by atoms with Crippen LogP contribution < -0.4 is 0 Å². The van der Waals surface area contributed by atoms with Gasteiger partial charge in [-0.2, -0.15) is 0 Å². The van der Waals surface area contributed by atoms with E-state index in [2.05, 4.69) is 32.3 Å². The van der Waals surface area contributed by atoms with E-state index in [-0.39, 0.29) is 5.41 Å². The SMILES string of the molecule is C=Cn1ccnc1C(C)(C)C. The second kappa shape index (κ2) is 2.53. The minimum atomic E-state index is 0.0949. The first-order chi connectivity index (χ1) is 5.05. The third-order valence-electron chi connectivity index (χ3n) is 1.54. The standard InChI is InChI=1S/C9H14N2/c1-5-11-7-6-10-8(11)9(2,3)4/h5-7H,1H2,2-4H3. The molecule has 1 heterocycles. The van der Waals surface area contributed by atoms with E-state index in [0.29, 0.717) is 0 Å². The molecule has 0 unspecified atom stereocenters. The van der Waals surface area contributed by atoms with E-state index < -0.39 is 0 Å². The molecule has 0 saturated heterocycles. The summed E-state index contributed by atoms with van der Waals surface area (Å²) < 4.78 is 1.94. The van der Waals surface area contributed by atoms with Crippen molar-refractivity contribution < 1.29 is 0 Å². The highest BCUT2D eigenvalue weighted by atomic mass is 15.1. The van der Waals surface area contributed by atoms with Crippen molar-refractivity contribution in [3.63, 3.8) is 0 Å². The van der Waals surface area contributed by atoms with Crippen LogP contribution in [0.25, 0.3) is 6.20 Å². The highest BCUT2D eigenvalue weighted by Gasteiger charge is 2.18. The van der Waals surface area contributed by atoms with Gasteiger partial charge in [-0.05, 0) is 0 Å². The van der Waals surface area contributed by atoms with Gasteiger partial charge in [0.2, 0.25) is 0 Å². The Bertz CT molecular complexity index is 253. The minimum absolute atomic E-state index is 0.0949. The highest BCUT2D eigenvalue weighted by Crippen LogP contribution is 2.19. The molecule has 1 aromatic rings. The van der Waals surface area contributed by atoms with Gasteiger partial charge in [0.1, 0.15) is 5.82 Å². The smallest absolute Gasteiger partial charge is 0.118 e. The van der Waals surface area contributed by atoms with E-state index in [1.807, 2.05) is 10.8 Å². The summed E-state index contributed by atoms with van der Waals surface area (Å²) in [6, 6.07) is 0. The van der Waals surface area contributed by atoms with Crippen LogP contribution in [0, 0.1) is 0 Å². The lowest BCUT2D eigenvalue weighted by atomic mass is 9.96. The molecule has 0 bridgehead atoms. The molecule has 0 aromatic carbocycles. The maximum absolute atomic E-state index is 4.25. The molecule has 0 spiro atoms. The van der Waals surface area contributed by atoms with Gasteiger partial charge in [0.25, 0.3) is 0 Å². The molecule has 0 aliphatic carbocycles. The van der Waals surface area contributed by atoms with E-state index in [0.717, 1.165) is 5.82 Å². The first-order valence-corrected chi connectivity index (χ1v) is 3.71. The second-order valence-corrected chi connectivity index (χ2v) is 3.59. The van der Waals surface area contributed by atoms with Gasteiger partial charge in [0, 0.05) is 24.0 Å². The van der Waals surface area contributed by atoms with Crippen LogP contribution in [-0.4, -0.2) is 9.55 Å². The van der Waals surface area contributed by atoms with E-state index in [1.165, 1.54) is 0 Å². The first-order valence-electron chi connectivity index (χ1n) is 3.71. The second-order valence-electron chi connectivity index (χ2n) is 3.59. The quantitative estimate of drug-likeness (QED) is 0.600. The van der Waals surface area contributed by atoms with Gasteiger partial charge in [-0.1, -0.05) is 27.4 Å². The van der Waals surface area contributed by atoms with Gasteiger partial charge in [-0.15, -0.1) is 0 Å². The maximum atomic E-state index is 4.25. The Balaban J connectivity index is 3.12. The Morgan fingerprint density at radius 2 is 2.18 bits per heavy atom. The summed E-state index contributed by atoms with van der Waals surface area (Å²) in [4.78, 5) is 4.25. The molecule has 2 nitrogen and oxygen atoms in total. The lowest BCUT2D eigenvalue weighted by Crippen LogP contribution is -2.16. The molecule has 11 heavy (non-hydrogen) atoms. The largest absolute Gasteiger partial charge is 0.311 e. The molecule has 0 fully saturated rings. The molecule has 2 heteroatoms. The van der Waals surface area contributed by atoms with E-state index in [9.17, 15) is 0 Å². The first kappa shape index (κ1) is 8.05. The molecule has 0 saturated carbocycles. The lowest BCUT2D eigenvalue weighted by Gasteiger charge is -2.17. The lowest BCUT2D eigenvalue weighted by molar-refractivity contribution is 0.540. The molecule has 0 aliphatic rings. The van der Waals surface area contributed by atoms with Crippen molar-refractivity contribution >= 4 is 6.20 Å². The van der Waals surface area contributed by atoms with Crippen LogP contribution in [0.4, 0.5) is 0 Å². The number of hydrogen-bond donors (Lipinski definition) is 0. The molecular weight excluding hydrogens is 136 g/mol. The summed E-state index contributed by atoms with van der Waals surface area (Å²) in [5, 5.41) is 0. The molecule has 0 N–H and O–H groups in total. The Hall–Kier alpha value is -1.05. The molecule has 0 radical (unpaired) electrons. The van der Waals surface area contributed by atoms with Crippen molar-refractivity contribution in [1.29, 1.82) is 0 Å². The van der Waals surface area contributed by atoms with Crippen molar-refractivity contribution in [2.24, 2.45) is 0 Å². The van der Waals surface area contributed by atoms with Crippen molar-refractivity contribution in [3.05, 3.63) is 24.8 Å². The summed E-state index contributed by atoms with van der Waals surface area (Å²) in [5.41, 5.74) is 0.0949. The zero-order valence-electron chi connectivity index (χ0n) is 7.33. The molecular formula is C9H14N2. The molecule has 60 valence electrons. The van der Waals surface area contributed by atoms with Crippen molar-refractivity contribution in [1.82, 2.24) is 9.55 Å². The maximum Gasteiger partial charge on any atom is 0.118 e. The van der Waals surface area contributed by atoms with Crippen LogP contribution in [0.5, 0.6) is 0 Å². The van der Waals surface area contributed by atoms with Crippen molar-refractivity contribution in [2.75, 3.05) is 0 Å². The normalized spacial score (nSPS) is 11.5. The molecule has 1 aromatic heterocycles. The van der Waals surface area contributed by atoms with E-state index in [4.69, 9.17) is 0 Å². The summed E-state index contributed by atoms with van der Waals surface area (Å²) in [7, 11) is 0. The average Bonchev–Trinajstić information content (AvgIpc) is 2.31. The van der Waals surface area contributed by atoms with Gasteiger partial charge in [0.05, 0.1) is 0 Å². The zero-order chi connectivity index (χ0) is 8.48. The Morgan fingerprint density at radius 3 is 2.55 bits per heavy atom. The number of rotatable bonds is 1. The summed E-state index contributed by atoms with van der Waals surface area (Å²) in [5.74, 6) is 1.05. The monoisotopic (exact) mass is 150 g/mol. The van der Waals surface area contributed by atoms with Gasteiger partial charge >= 0.3 is 0 Å². The van der Waals surface area contributed by atoms with Crippen LogP contribution in [-0.2, 0) is 5.41 Å². The van der Waals surface area contributed by atoms with Gasteiger partial charge in [-0.3, -0.25) is 0 Å². The fourth-order valence-corrected chi connectivity index (χ4v) is 1.04. The number of hydrogen-bond acceptors (Lipinski definition) is 1. The fraction of sp³-hybridized carbons (Fsp3) is 0.444. The van der Waals surface area contributed by atoms with Crippen LogP contribution >= 0.6 is 0 Å². The molecule has 0 atom stereocenters. The predicted octanol–water partition coefficient (Wildman–Crippen LogP) is 2.28. The Kier molecular flexibility index (Phi) is 1.85. The fourth-order valence-electron chi connectivity index (χ4n) is 1.04. The van der Waals surface area contributed by atoms with Crippen LogP contribution in [0.3, 0.4) is 0 Å². The van der Waals surface area contributed by atoms with Crippen LogP contribution in [0.15, 0.2) is 19.0 Å². The van der Waals surface area contributed by atoms with Gasteiger partial charge < -0.3 is 4.57 Å². The van der Waals surface area contributed by atoms with Crippen molar-refractivity contribution in [2.45, 2.75) is 26.2 Å². The number of aromatic nitrogens is 2. The average molecular weight is 150 g/mol. The van der Waals surface area contributed by atoms with Crippen LogP contribution in [0.1, 0.15) is 26.6 Å². The van der Waals surface area contributed by atoms with Crippen molar-refractivity contribution in [3.8, 4) is 0 Å². The third kappa shape index (κ3) is 1.50. The third-order valence-corrected chi connectivity index (χ3v) is 1.54. The Labute approximate surface area is 67.6 Å². The van der Waals surface area contributed by atoms with Gasteiger partial charge in [-0.25, -0.2) is 4.98 Å². The molecule has 0 aliphatic heterocycles. The number of nitrogens with zero attached hydrogens (tertiary/aromatic N) is 2. The van der Waals surface area contributed by atoms with Crippen LogP contribution in [0.2, 0.25) is 0 Å². The summed E-state index contributed by atoms with van der Waals surface area (Å²) >= 11 is 0. The predicted molar refractivity (Wildman–Crippen MR) is 47.3 cm³/mol. The van der Waals surface area contributed by atoms with E-state index in [1.54, 1.807) is 12.4 Å².